The summed E-state index contributed by atoms with van der Waals surface area (Å²) in [6.45, 7) is 4.23. The molecule has 0 radical (unpaired) electrons. The van der Waals surface area contributed by atoms with Gasteiger partial charge < -0.3 is 18.6 Å². The normalized spacial score (nSPS) is 10.5. The van der Waals surface area contributed by atoms with E-state index >= 15 is 0 Å². The summed E-state index contributed by atoms with van der Waals surface area (Å²) in [6, 6.07) is 12.6. The lowest BCUT2D eigenvalue weighted by Gasteiger charge is -2.10. The van der Waals surface area contributed by atoms with E-state index in [1.54, 1.807) is 18.2 Å². The molecule has 0 aliphatic carbocycles. The summed E-state index contributed by atoms with van der Waals surface area (Å²) in [5, 5.41) is 7.91. The van der Waals surface area contributed by atoms with E-state index in [1.807, 2.05) is 38.1 Å². The Morgan fingerprint density at radius 3 is 2.70 bits per heavy atom. The summed E-state index contributed by atoms with van der Waals surface area (Å²) in [5.74, 6) is 1.11. The predicted molar refractivity (Wildman–Crippen MR) is 97.8 cm³/mol. The van der Waals surface area contributed by atoms with Crippen LogP contribution in [0.5, 0.6) is 11.5 Å². The lowest BCUT2D eigenvalue weighted by molar-refractivity contribution is 0.0438. The van der Waals surface area contributed by atoms with E-state index in [0.717, 1.165) is 11.1 Å². The van der Waals surface area contributed by atoms with Gasteiger partial charge in [0, 0.05) is 5.56 Å². The lowest BCUT2D eigenvalue weighted by Crippen LogP contribution is -2.06. The third kappa shape index (κ3) is 4.44. The first-order valence-electron chi connectivity index (χ1n) is 8.48. The van der Waals surface area contributed by atoms with E-state index in [4.69, 9.17) is 18.6 Å². The summed E-state index contributed by atoms with van der Waals surface area (Å²) >= 11 is 0. The average Bonchev–Trinajstić information content (AvgIpc) is 3.16. The Labute approximate surface area is 156 Å². The van der Waals surface area contributed by atoms with Gasteiger partial charge in [0.25, 0.3) is 5.89 Å². The lowest BCUT2D eigenvalue weighted by atomic mass is 10.1. The van der Waals surface area contributed by atoms with Crippen molar-refractivity contribution in [3.8, 4) is 23.0 Å². The maximum absolute atomic E-state index is 12.3. The number of benzene rings is 2. The number of carbonyl (C=O) groups is 1. The van der Waals surface area contributed by atoms with Crippen LogP contribution in [0.25, 0.3) is 11.5 Å². The van der Waals surface area contributed by atoms with E-state index in [1.165, 1.54) is 7.11 Å². The molecule has 0 N–H and O–H groups in total. The number of methoxy groups -OCH3 is 1. The molecule has 0 bridgehead atoms. The van der Waals surface area contributed by atoms with Crippen molar-refractivity contribution in [1.29, 1.82) is 0 Å². The van der Waals surface area contributed by atoms with Crippen LogP contribution in [0, 0.1) is 6.92 Å². The number of esters is 1. The predicted octanol–water partition coefficient (Wildman–Crippen LogP) is 3.81. The van der Waals surface area contributed by atoms with Crippen molar-refractivity contribution >= 4 is 5.97 Å². The highest BCUT2D eigenvalue weighted by Crippen LogP contribution is 2.28. The molecule has 7 heteroatoms. The van der Waals surface area contributed by atoms with Crippen LogP contribution >= 0.6 is 0 Å². The van der Waals surface area contributed by atoms with Crippen molar-refractivity contribution in [3.05, 3.63) is 59.5 Å². The fourth-order valence-corrected chi connectivity index (χ4v) is 2.49. The average molecular weight is 368 g/mol. The highest BCUT2D eigenvalue weighted by molar-refractivity contribution is 5.90. The standard InChI is InChI=1S/C20H20N2O5/c1-4-25-16-9-8-15(11-17(16)24-3)20(23)26-12-18-21-22-19(27-18)14-7-5-6-13(2)10-14/h5-11H,4,12H2,1-3H3. The summed E-state index contributed by atoms with van der Waals surface area (Å²) in [7, 11) is 1.51. The van der Waals surface area contributed by atoms with E-state index in [9.17, 15) is 4.79 Å². The quantitative estimate of drug-likeness (QED) is 0.586. The molecule has 1 heterocycles. The van der Waals surface area contributed by atoms with E-state index in [2.05, 4.69) is 10.2 Å². The SMILES string of the molecule is CCOc1ccc(C(=O)OCc2nnc(-c3cccc(C)c3)o2)cc1OC. The van der Waals surface area contributed by atoms with Gasteiger partial charge in [0.1, 0.15) is 0 Å². The number of aryl methyl sites for hydroxylation is 1. The van der Waals surface area contributed by atoms with Crippen LogP contribution < -0.4 is 9.47 Å². The van der Waals surface area contributed by atoms with Crippen molar-refractivity contribution in [2.75, 3.05) is 13.7 Å². The third-order valence-corrected chi connectivity index (χ3v) is 3.76. The molecule has 3 rings (SSSR count). The molecule has 0 atom stereocenters. The second kappa shape index (κ2) is 8.35. The van der Waals surface area contributed by atoms with Crippen molar-refractivity contribution in [1.82, 2.24) is 10.2 Å². The van der Waals surface area contributed by atoms with Crippen LogP contribution in [0.1, 0.15) is 28.7 Å². The van der Waals surface area contributed by atoms with Gasteiger partial charge >= 0.3 is 5.97 Å². The minimum Gasteiger partial charge on any atom is -0.493 e. The molecular weight excluding hydrogens is 348 g/mol. The van der Waals surface area contributed by atoms with Crippen molar-refractivity contribution in [2.24, 2.45) is 0 Å². The maximum atomic E-state index is 12.3. The Morgan fingerprint density at radius 2 is 1.96 bits per heavy atom. The van der Waals surface area contributed by atoms with E-state index in [-0.39, 0.29) is 12.5 Å². The zero-order chi connectivity index (χ0) is 19.2. The van der Waals surface area contributed by atoms with Gasteiger partial charge in [0.2, 0.25) is 5.89 Å². The Hall–Kier alpha value is -3.35. The zero-order valence-corrected chi connectivity index (χ0v) is 15.4. The topological polar surface area (TPSA) is 83.7 Å². The summed E-state index contributed by atoms with van der Waals surface area (Å²) in [5.41, 5.74) is 2.24. The largest absolute Gasteiger partial charge is 0.493 e. The van der Waals surface area contributed by atoms with Crippen molar-refractivity contribution in [3.63, 3.8) is 0 Å². The molecule has 0 saturated carbocycles. The smallest absolute Gasteiger partial charge is 0.338 e. The summed E-state index contributed by atoms with van der Waals surface area (Å²) in [6.07, 6.45) is 0. The Bertz CT molecular complexity index is 936. The number of carbonyl (C=O) groups excluding carboxylic acids is 1. The van der Waals surface area contributed by atoms with Crippen molar-refractivity contribution < 1.29 is 23.4 Å². The molecule has 0 spiro atoms. The van der Waals surface area contributed by atoms with Crippen LogP contribution in [0.4, 0.5) is 0 Å². The van der Waals surface area contributed by atoms with Crippen LogP contribution in [0.2, 0.25) is 0 Å². The van der Waals surface area contributed by atoms with Gasteiger partial charge in [-0.25, -0.2) is 4.79 Å². The second-order valence-electron chi connectivity index (χ2n) is 5.75. The van der Waals surface area contributed by atoms with Crippen LogP contribution in [0.3, 0.4) is 0 Å². The number of hydrogen-bond donors (Lipinski definition) is 0. The number of nitrogens with zero attached hydrogens (tertiary/aromatic N) is 2. The molecule has 0 unspecified atom stereocenters. The van der Waals surface area contributed by atoms with Gasteiger partial charge in [0.05, 0.1) is 19.3 Å². The number of rotatable bonds is 7. The monoisotopic (exact) mass is 368 g/mol. The van der Waals surface area contributed by atoms with Gasteiger partial charge in [-0.05, 0) is 44.2 Å². The second-order valence-corrected chi connectivity index (χ2v) is 5.75. The van der Waals surface area contributed by atoms with Gasteiger partial charge in [-0.2, -0.15) is 0 Å². The van der Waals surface area contributed by atoms with Crippen LogP contribution in [-0.4, -0.2) is 29.9 Å². The van der Waals surface area contributed by atoms with Gasteiger partial charge in [-0.1, -0.05) is 17.7 Å². The Morgan fingerprint density at radius 1 is 1.11 bits per heavy atom. The molecule has 3 aromatic rings. The fourth-order valence-electron chi connectivity index (χ4n) is 2.49. The first kappa shape index (κ1) is 18.4. The van der Waals surface area contributed by atoms with Crippen LogP contribution in [0.15, 0.2) is 46.9 Å². The maximum Gasteiger partial charge on any atom is 0.338 e. The molecule has 0 aliphatic rings. The minimum absolute atomic E-state index is 0.118. The summed E-state index contributed by atoms with van der Waals surface area (Å²) in [4.78, 5) is 12.3. The fraction of sp³-hybridized carbons (Fsp3) is 0.250. The Kier molecular flexibility index (Phi) is 5.71. The first-order valence-corrected chi connectivity index (χ1v) is 8.48. The molecule has 0 amide bonds. The molecule has 0 aliphatic heterocycles. The highest BCUT2D eigenvalue weighted by Gasteiger charge is 2.15. The summed E-state index contributed by atoms with van der Waals surface area (Å²) < 4.78 is 21.5. The van der Waals surface area contributed by atoms with E-state index < -0.39 is 5.97 Å². The molecule has 0 fully saturated rings. The van der Waals surface area contributed by atoms with Crippen LogP contribution in [-0.2, 0) is 11.3 Å². The molecule has 1 aromatic heterocycles. The molecule has 27 heavy (non-hydrogen) atoms. The van der Waals surface area contributed by atoms with Gasteiger partial charge in [-0.15, -0.1) is 10.2 Å². The van der Waals surface area contributed by atoms with E-state index in [0.29, 0.717) is 29.6 Å². The number of aromatic nitrogens is 2. The van der Waals surface area contributed by atoms with Gasteiger partial charge in [0.15, 0.2) is 18.1 Å². The zero-order valence-electron chi connectivity index (χ0n) is 15.4. The Balaban J connectivity index is 1.66. The highest BCUT2D eigenvalue weighted by atomic mass is 16.5. The van der Waals surface area contributed by atoms with Crippen molar-refractivity contribution in [2.45, 2.75) is 20.5 Å². The molecule has 0 saturated heterocycles. The third-order valence-electron chi connectivity index (χ3n) is 3.76. The van der Waals surface area contributed by atoms with Gasteiger partial charge in [-0.3, -0.25) is 0 Å². The molecule has 2 aromatic carbocycles. The number of hydrogen-bond acceptors (Lipinski definition) is 7. The minimum atomic E-state index is -0.522. The first-order chi connectivity index (χ1) is 13.1. The molecular formula is C20H20N2O5. The number of ether oxygens (including phenoxy) is 3. The molecule has 140 valence electrons. The molecule has 7 nitrogen and oxygen atoms in total.